The molecule has 0 bridgehead atoms. The molecule has 2 fully saturated rings. The van der Waals surface area contributed by atoms with Gasteiger partial charge < -0.3 is 30.3 Å². The second kappa shape index (κ2) is 12.4. The van der Waals surface area contributed by atoms with Gasteiger partial charge in [0.15, 0.2) is 23.0 Å². The van der Waals surface area contributed by atoms with Crippen molar-refractivity contribution in [1.82, 2.24) is 29.5 Å². The van der Waals surface area contributed by atoms with Crippen LogP contribution in [-0.2, 0) is 4.79 Å². The molecule has 0 radical (unpaired) electrons. The third-order valence-electron chi connectivity index (χ3n) is 8.34. The maximum atomic E-state index is 14.6. The maximum Gasteiger partial charge on any atom is 0.254 e. The number of hydrogen-bond donors (Lipinski definition) is 3. The first-order valence-electron chi connectivity index (χ1n) is 14.5. The summed E-state index contributed by atoms with van der Waals surface area (Å²) in [4.78, 5) is 38.8. The van der Waals surface area contributed by atoms with E-state index in [2.05, 4.69) is 20.6 Å². The summed E-state index contributed by atoms with van der Waals surface area (Å²) in [5.74, 6) is -0.638. The number of rotatable bonds is 6. The van der Waals surface area contributed by atoms with E-state index in [4.69, 9.17) is 16.3 Å². The van der Waals surface area contributed by atoms with Gasteiger partial charge in [-0.3, -0.25) is 14.0 Å². The Morgan fingerprint density at radius 3 is 2.64 bits per heavy atom. The third kappa shape index (κ3) is 5.56. The summed E-state index contributed by atoms with van der Waals surface area (Å²) in [5, 5.41) is 16.5. The molecule has 2 amide bonds. The molecule has 2 aliphatic rings. The lowest BCUT2D eigenvalue weighted by Gasteiger charge is -2.38. The van der Waals surface area contributed by atoms with Crippen LogP contribution < -0.4 is 15.4 Å². The number of carbonyl (C=O) groups excluding carboxylic acids is 2. The Morgan fingerprint density at radius 2 is 1.91 bits per heavy atom. The van der Waals surface area contributed by atoms with Crippen LogP contribution in [-0.4, -0.2) is 93.6 Å². The number of nitrogens with one attached hydrogen (secondary N) is 2. The minimum absolute atomic E-state index is 0.0369. The number of aliphatic hydroxyl groups is 1. The van der Waals surface area contributed by atoms with Crippen LogP contribution in [0, 0.1) is 18.7 Å². The number of carbonyl (C=O) groups is 2. The molecule has 2 aromatic heterocycles. The van der Waals surface area contributed by atoms with Gasteiger partial charge in [-0.15, -0.1) is 0 Å². The van der Waals surface area contributed by atoms with E-state index in [9.17, 15) is 19.1 Å². The van der Waals surface area contributed by atoms with Crippen molar-refractivity contribution in [3.63, 3.8) is 0 Å². The Bertz CT molecular complexity index is 1720. The second-order valence-corrected chi connectivity index (χ2v) is 11.4. The number of imidazole rings is 1. The van der Waals surface area contributed by atoms with Crippen molar-refractivity contribution >= 4 is 40.6 Å². The monoisotopic (exact) mass is 621 g/mol. The van der Waals surface area contributed by atoms with Gasteiger partial charge in [-0.1, -0.05) is 11.6 Å². The average molecular weight is 622 g/mol. The van der Waals surface area contributed by atoms with E-state index in [-0.39, 0.29) is 22.6 Å². The van der Waals surface area contributed by atoms with E-state index in [0.29, 0.717) is 79.7 Å². The largest absolute Gasteiger partial charge is 0.494 e. The van der Waals surface area contributed by atoms with Gasteiger partial charge >= 0.3 is 0 Å². The van der Waals surface area contributed by atoms with Crippen LogP contribution in [0.3, 0.4) is 0 Å². The number of hydrogen-bond acceptors (Lipinski definition) is 8. The number of ether oxygens (including phenoxy) is 1. The quantitative estimate of drug-likeness (QED) is 0.299. The van der Waals surface area contributed by atoms with Gasteiger partial charge in [0.25, 0.3) is 5.91 Å². The van der Waals surface area contributed by atoms with Gasteiger partial charge in [-0.2, -0.15) is 0 Å². The van der Waals surface area contributed by atoms with Crippen molar-refractivity contribution < 1.29 is 23.8 Å². The molecule has 11 nitrogen and oxygen atoms in total. The fraction of sp³-hybridized carbons (Fsp3) is 0.355. The van der Waals surface area contributed by atoms with Crippen LogP contribution in [0.1, 0.15) is 22.3 Å². The highest BCUT2D eigenvalue weighted by Crippen LogP contribution is 2.36. The third-order valence-corrected chi connectivity index (χ3v) is 8.71. The Labute approximate surface area is 258 Å². The molecule has 6 rings (SSSR count). The number of piperidine rings is 1. The first-order chi connectivity index (χ1) is 21.3. The van der Waals surface area contributed by atoms with Crippen molar-refractivity contribution in [1.29, 1.82) is 0 Å². The molecule has 2 saturated heterocycles. The number of halogens is 2. The Kier molecular flexibility index (Phi) is 8.39. The molecule has 13 heteroatoms. The molecule has 0 unspecified atom stereocenters. The van der Waals surface area contributed by atoms with E-state index in [1.54, 1.807) is 44.9 Å². The summed E-state index contributed by atoms with van der Waals surface area (Å²) in [7, 11) is 1.38. The molecular weight excluding hydrogens is 589 g/mol. The minimum Gasteiger partial charge on any atom is -0.494 e. The molecule has 230 valence electrons. The minimum atomic E-state index is -0.681. The van der Waals surface area contributed by atoms with Crippen LogP contribution in [0.4, 0.5) is 15.9 Å². The van der Waals surface area contributed by atoms with Crippen molar-refractivity contribution in [2.75, 3.05) is 51.7 Å². The van der Waals surface area contributed by atoms with Crippen LogP contribution in [0.2, 0.25) is 5.02 Å². The SMILES string of the molecule is COc1ccc(-c2cnc3c(Nc4ccc(C(=O)N5CCN(C(=O)[C@H]6CCNC[C@@H]6O)CC5)c(C)c4)nccn23)c(Cl)c1F. The molecule has 3 N–H and O–H groups in total. The number of aryl methyl sites for hydroxylation is 1. The normalized spacial score (nSPS) is 18.8. The van der Waals surface area contributed by atoms with E-state index < -0.39 is 17.8 Å². The number of aromatic nitrogens is 3. The van der Waals surface area contributed by atoms with Crippen LogP contribution in [0.25, 0.3) is 16.9 Å². The Hall–Kier alpha value is -4.26. The number of nitrogens with zero attached hydrogens (tertiary/aromatic N) is 5. The number of aliphatic hydroxyl groups excluding tert-OH is 1. The highest BCUT2D eigenvalue weighted by molar-refractivity contribution is 6.33. The van der Waals surface area contributed by atoms with Crippen molar-refractivity contribution in [2.24, 2.45) is 5.92 Å². The Balaban J connectivity index is 1.14. The highest BCUT2D eigenvalue weighted by atomic mass is 35.5. The van der Waals surface area contributed by atoms with Gasteiger partial charge in [0.05, 0.1) is 36.0 Å². The van der Waals surface area contributed by atoms with E-state index >= 15 is 0 Å². The number of benzene rings is 2. The molecule has 2 aromatic carbocycles. The lowest BCUT2D eigenvalue weighted by Crippen LogP contribution is -2.55. The predicted octanol–water partition coefficient (Wildman–Crippen LogP) is 3.50. The molecule has 0 spiro atoms. The molecular formula is C31H33ClFN7O4. The predicted molar refractivity (Wildman–Crippen MR) is 164 cm³/mol. The highest BCUT2D eigenvalue weighted by Gasteiger charge is 2.34. The standard InChI is InChI=1S/C31H33ClFN7O4/c1-18-15-19(3-4-20(18)30(42)38-11-13-39(14-12-38)31(43)22-7-8-34-17-24(22)41)37-28-29-36-16-23(40(29)10-9-35-28)21-5-6-25(44-2)27(33)26(21)32/h3-6,9-10,15-16,22,24,34,41H,7-8,11-14,17H2,1-2H3,(H,35,37)/t22-,24-/m0/s1. The lowest BCUT2D eigenvalue weighted by molar-refractivity contribution is -0.141. The average Bonchev–Trinajstić information content (AvgIpc) is 3.47. The first-order valence-corrected chi connectivity index (χ1v) is 14.8. The fourth-order valence-electron chi connectivity index (χ4n) is 5.88. The van der Waals surface area contributed by atoms with Crippen molar-refractivity contribution in [2.45, 2.75) is 19.4 Å². The van der Waals surface area contributed by atoms with E-state index in [1.807, 2.05) is 19.1 Å². The Morgan fingerprint density at radius 1 is 1.14 bits per heavy atom. The summed E-state index contributed by atoms with van der Waals surface area (Å²) in [6.07, 6.45) is 4.86. The van der Waals surface area contributed by atoms with Gasteiger partial charge in [-0.05, 0) is 55.8 Å². The molecule has 0 aliphatic carbocycles. The lowest BCUT2D eigenvalue weighted by atomic mass is 9.93. The van der Waals surface area contributed by atoms with Gasteiger partial charge in [0.2, 0.25) is 5.91 Å². The zero-order chi connectivity index (χ0) is 31.0. The number of piperazine rings is 1. The first kappa shape index (κ1) is 29.8. The molecule has 44 heavy (non-hydrogen) atoms. The summed E-state index contributed by atoms with van der Waals surface area (Å²) < 4.78 is 21.4. The van der Waals surface area contributed by atoms with Crippen molar-refractivity contribution in [3.8, 4) is 17.0 Å². The van der Waals surface area contributed by atoms with Gasteiger partial charge in [-0.25, -0.2) is 14.4 Å². The number of anilines is 2. The fourth-order valence-corrected chi connectivity index (χ4v) is 6.13. The summed E-state index contributed by atoms with van der Waals surface area (Å²) in [6, 6.07) is 8.65. The van der Waals surface area contributed by atoms with E-state index in [0.717, 1.165) is 5.56 Å². The van der Waals surface area contributed by atoms with Crippen LogP contribution in [0.5, 0.6) is 5.75 Å². The van der Waals surface area contributed by atoms with Crippen LogP contribution >= 0.6 is 11.6 Å². The molecule has 2 aliphatic heterocycles. The van der Waals surface area contributed by atoms with Gasteiger partial charge in [0, 0.05) is 61.9 Å². The maximum absolute atomic E-state index is 14.6. The second-order valence-electron chi connectivity index (χ2n) is 11.0. The van der Waals surface area contributed by atoms with Crippen LogP contribution in [0.15, 0.2) is 48.9 Å². The molecule has 4 heterocycles. The zero-order valence-electron chi connectivity index (χ0n) is 24.4. The molecule has 4 aromatic rings. The van der Waals surface area contributed by atoms with Crippen molar-refractivity contribution in [3.05, 3.63) is 70.9 Å². The topological polar surface area (TPSA) is 124 Å². The number of amides is 2. The van der Waals surface area contributed by atoms with Gasteiger partial charge in [0.1, 0.15) is 0 Å². The molecule has 0 saturated carbocycles. The smallest absolute Gasteiger partial charge is 0.254 e. The summed E-state index contributed by atoms with van der Waals surface area (Å²) >= 11 is 6.32. The molecule has 2 atom stereocenters. The number of methoxy groups -OCH3 is 1. The zero-order valence-corrected chi connectivity index (χ0v) is 25.1. The number of fused-ring (bicyclic) bond motifs is 1. The van der Waals surface area contributed by atoms with E-state index in [1.165, 1.54) is 13.2 Å². The summed E-state index contributed by atoms with van der Waals surface area (Å²) in [6.45, 7) is 4.75. The summed E-state index contributed by atoms with van der Waals surface area (Å²) in [5.41, 5.74) is 3.64. The number of β-amino-alcohol motifs (C(OH)–C–C–N with tert-alkyl or cyclic N) is 1.